The van der Waals surface area contributed by atoms with Crippen LogP contribution >= 0.6 is 0 Å². The molecule has 1 aliphatic rings. The van der Waals surface area contributed by atoms with Crippen molar-refractivity contribution in [2.75, 3.05) is 0 Å². The molecule has 0 saturated heterocycles. The average Bonchev–Trinajstić information content (AvgIpc) is 2.58. The Bertz CT molecular complexity index is 742. The lowest BCUT2D eigenvalue weighted by molar-refractivity contribution is -0.255. The maximum absolute atomic E-state index is 12.7. The second kappa shape index (κ2) is 6.61. The summed E-state index contributed by atoms with van der Waals surface area (Å²) in [4.78, 5) is 23.5. The molecule has 0 unspecified atom stereocenters. The van der Waals surface area contributed by atoms with Crippen LogP contribution in [0.4, 0.5) is 0 Å². The summed E-state index contributed by atoms with van der Waals surface area (Å²) < 4.78 is 0. The lowest BCUT2D eigenvalue weighted by Gasteiger charge is -2.23. The van der Waals surface area contributed by atoms with Crippen molar-refractivity contribution in [1.82, 2.24) is 0 Å². The Morgan fingerprint density at radius 3 is 2.39 bits per heavy atom. The van der Waals surface area contributed by atoms with E-state index in [1.165, 1.54) is 12.1 Å². The van der Waals surface area contributed by atoms with E-state index in [0.29, 0.717) is 0 Å². The fourth-order valence-corrected chi connectivity index (χ4v) is 3.04. The predicted molar refractivity (Wildman–Crippen MR) is 86.8 cm³/mol. The molecular formula is C20H17O3-. The van der Waals surface area contributed by atoms with Gasteiger partial charge in [-0.3, -0.25) is 4.79 Å². The molecule has 2 aromatic carbocycles. The minimum absolute atomic E-state index is 0.0707. The summed E-state index contributed by atoms with van der Waals surface area (Å²) in [6, 6.07) is 16.3. The quantitative estimate of drug-likeness (QED) is 0.819. The van der Waals surface area contributed by atoms with Gasteiger partial charge in [-0.25, -0.2) is 0 Å². The molecule has 0 aromatic heterocycles. The number of carboxylic acids is 1. The number of ketones is 1. The van der Waals surface area contributed by atoms with E-state index in [4.69, 9.17) is 0 Å². The highest BCUT2D eigenvalue weighted by Gasteiger charge is 2.27. The minimum Gasteiger partial charge on any atom is -0.545 e. The summed E-state index contributed by atoms with van der Waals surface area (Å²) >= 11 is 0. The molecule has 0 radical (unpaired) electrons. The first kappa shape index (κ1) is 15.2. The molecule has 23 heavy (non-hydrogen) atoms. The van der Waals surface area contributed by atoms with Crippen molar-refractivity contribution < 1.29 is 14.7 Å². The highest BCUT2D eigenvalue weighted by Crippen LogP contribution is 2.33. The van der Waals surface area contributed by atoms with Crippen LogP contribution in [0.1, 0.15) is 46.7 Å². The summed E-state index contributed by atoms with van der Waals surface area (Å²) in [6.07, 6.45) is 4.50. The zero-order chi connectivity index (χ0) is 16.2. The second-order valence-corrected chi connectivity index (χ2v) is 5.80. The number of benzene rings is 2. The Kier molecular flexibility index (Phi) is 4.38. The molecule has 3 rings (SSSR count). The molecule has 0 N–H and O–H groups in total. The molecule has 0 amide bonds. The van der Waals surface area contributed by atoms with Crippen LogP contribution in [0.15, 0.2) is 60.2 Å². The number of carbonyl (C=O) groups excluding carboxylic acids is 2. The van der Waals surface area contributed by atoms with E-state index in [9.17, 15) is 14.7 Å². The molecule has 1 fully saturated rings. The number of carboxylic acid groups (broad SMARTS) is 1. The zero-order valence-electron chi connectivity index (χ0n) is 12.7. The van der Waals surface area contributed by atoms with Gasteiger partial charge in [-0.2, -0.15) is 0 Å². The van der Waals surface area contributed by atoms with Crippen molar-refractivity contribution in [3.8, 4) is 0 Å². The van der Waals surface area contributed by atoms with Gasteiger partial charge in [0.15, 0.2) is 5.78 Å². The minimum atomic E-state index is -1.19. The van der Waals surface area contributed by atoms with Gasteiger partial charge in [-0.15, -0.1) is 0 Å². The predicted octanol–water partition coefficient (Wildman–Crippen LogP) is 2.97. The van der Waals surface area contributed by atoms with Crippen LogP contribution in [-0.4, -0.2) is 11.8 Å². The van der Waals surface area contributed by atoms with E-state index in [-0.39, 0.29) is 17.3 Å². The summed E-state index contributed by atoms with van der Waals surface area (Å²) in [5.41, 5.74) is 2.86. The molecule has 1 atom stereocenters. The second-order valence-electron chi connectivity index (χ2n) is 5.80. The van der Waals surface area contributed by atoms with Crippen LogP contribution in [0.3, 0.4) is 0 Å². The van der Waals surface area contributed by atoms with Crippen LogP contribution in [0.5, 0.6) is 0 Å². The monoisotopic (exact) mass is 305 g/mol. The number of hydrogen-bond donors (Lipinski definition) is 0. The van der Waals surface area contributed by atoms with Crippen molar-refractivity contribution in [2.24, 2.45) is 0 Å². The van der Waals surface area contributed by atoms with Gasteiger partial charge in [-0.05, 0) is 47.6 Å². The first-order valence-corrected chi connectivity index (χ1v) is 7.76. The molecule has 0 heterocycles. The molecule has 1 aliphatic carbocycles. The number of carbonyl (C=O) groups is 2. The standard InChI is InChI=1S/C20H18O3/c21-19-17(13-14-9-11-16(12-10-14)20(22)23)7-4-8-18(19)15-5-2-1-3-6-15/h1-3,5-6,9-13,18H,4,7-8H2,(H,22,23)/p-1/b17-13+/t18-/m1/s1. The number of rotatable bonds is 3. The number of Topliss-reactive ketones (excluding diaryl/α,β-unsaturated/α-hetero) is 1. The van der Waals surface area contributed by atoms with Gasteiger partial charge in [0.05, 0.1) is 5.97 Å². The van der Waals surface area contributed by atoms with Crippen molar-refractivity contribution in [2.45, 2.75) is 25.2 Å². The van der Waals surface area contributed by atoms with Gasteiger partial charge in [0.1, 0.15) is 0 Å². The Morgan fingerprint density at radius 2 is 1.74 bits per heavy atom. The van der Waals surface area contributed by atoms with E-state index in [1.807, 2.05) is 36.4 Å². The summed E-state index contributed by atoms with van der Waals surface area (Å²) in [5, 5.41) is 10.8. The number of aromatic carboxylic acids is 1. The fraction of sp³-hybridized carbons (Fsp3) is 0.200. The van der Waals surface area contributed by atoms with Crippen molar-refractivity contribution in [1.29, 1.82) is 0 Å². The lowest BCUT2D eigenvalue weighted by Crippen LogP contribution is -2.22. The largest absolute Gasteiger partial charge is 0.545 e. The molecule has 0 aliphatic heterocycles. The number of hydrogen-bond acceptors (Lipinski definition) is 3. The molecule has 116 valence electrons. The summed E-state index contributed by atoms with van der Waals surface area (Å²) in [6.45, 7) is 0. The van der Waals surface area contributed by atoms with Crippen LogP contribution in [0.2, 0.25) is 0 Å². The molecular weight excluding hydrogens is 288 g/mol. The number of allylic oxidation sites excluding steroid dienone is 1. The lowest BCUT2D eigenvalue weighted by atomic mass is 9.79. The first-order chi connectivity index (χ1) is 11.1. The van der Waals surface area contributed by atoms with Gasteiger partial charge in [0, 0.05) is 5.92 Å². The van der Waals surface area contributed by atoms with Crippen molar-refractivity contribution in [3.05, 3.63) is 76.9 Å². The third kappa shape index (κ3) is 3.39. The van der Waals surface area contributed by atoms with Crippen LogP contribution in [0, 0.1) is 0 Å². The maximum atomic E-state index is 12.7. The summed E-state index contributed by atoms with van der Waals surface area (Å²) in [7, 11) is 0. The molecule has 3 nitrogen and oxygen atoms in total. The Morgan fingerprint density at radius 1 is 1.04 bits per heavy atom. The van der Waals surface area contributed by atoms with Gasteiger partial charge >= 0.3 is 0 Å². The summed E-state index contributed by atoms with van der Waals surface area (Å²) in [5.74, 6) is -1.09. The molecule has 2 aromatic rings. The van der Waals surface area contributed by atoms with E-state index >= 15 is 0 Å². The highest BCUT2D eigenvalue weighted by molar-refractivity contribution is 6.04. The molecule has 3 heteroatoms. The van der Waals surface area contributed by atoms with Gasteiger partial charge in [-0.1, -0.05) is 54.6 Å². The third-order valence-corrected chi connectivity index (χ3v) is 4.26. The normalized spacial score (nSPS) is 19.7. The van der Waals surface area contributed by atoms with Crippen molar-refractivity contribution >= 4 is 17.8 Å². The van der Waals surface area contributed by atoms with E-state index in [0.717, 1.165) is 36.0 Å². The molecule has 0 spiro atoms. The maximum Gasteiger partial charge on any atom is 0.166 e. The average molecular weight is 305 g/mol. The Balaban J connectivity index is 1.84. The SMILES string of the molecule is O=C([O-])c1ccc(/C=C2\CCC[C@H](c3ccccc3)C2=O)cc1. The van der Waals surface area contributed by atoms with Crippen LogP contribution in [0.25, 0.3) is 6.08 Å². The third-order valence-electron chi connectivity index (χ3n) is 4.26. The Hall–Kier alpha value is -2.68. The van der Waals surface area contributed by atoms with Gasteiger partial charge < -0.3 is 9.90 Å². The molecule has 0 bridgehead atoms. The van der Waals surface area contributed by atoms with Crippen LogP contribution in [-0.2, 0) is 4.79 Å². The van der Waals surface area contributed by atoms with E-state index < -0.39 is 5.97 Å². The van der Waals surface area contributed by atoms with Crippen LogP contribution < -0.4 is 5.11 Å². The molecule has 1 saturated carbocycles. The van der Waals surface area contributed by atoms with Gasteiger partial charge in [0.25, 0.3) is 0 Å². The zero-order valence-corrected chi connectivity index (χ0v) is 12.7. The van der Waals surface area contributed by atoms with Crippen molar-refractivity contribution in [3.63, 3.8) is 0 Å². The highest BCUT2D eigenvalue weighted by atomic mass is 16.4. The smallest absolute Gasteiger partial charge is 0.166 e. The van der Waals surface area contributed by atoms with E-state index in [1.54, 1.807) is 12.1 Å². The Labute approximate surface area is 135 Å². The van der Waals surface area contributed by atoms with E-state index in [2.05, 4.69) is 0 Å². The topological polar surface area (TPSA) is 57.2 Å². The van der Waals surface area contributed by atoms with Gasteiger partial charge in [0.2, 0.25) is 0 Å². The fourth-order valence-electron chi connectivity index (χ4n) is 3.04. The first-order valence-electron chi connectivity index (χ1n) is 7.76.